The van der Waals surface area contributed by atoms with Crippen LogP contribution in [0.15, 0.2) is 0 Å². The normalized spacial score (nSPS) is 12.8. The van der Waals surface area contributed by atoms with Crippen LogP contribution in [-0.2, 0) is 11.2 Å². The molecule has 0 fully saturated rings. The minimum Gasteiger partial charge on any atom is -0.460 e. The first-order chi connectivity index (χ1) is 7.54. The summed E-state index contributed by atoms with van der Waals surface area (Å²) in [5.74, 6) is 0.524. The van der Waals surface area contributed by atoms with Gasteiger partial charge < -0.3 is 10.5 Å². The van der Waals surface area contributed by atoms with Gasteiger partial charge in [-0.2, -0.15) is 0 Å². The molecule has 0 aromatic carbocycles. The number of carbonyl (C=O) groups is 1. The van der Waals surface area contributed by atoms with Crippen molar-refractivity contribution in [3.05, 3.63) is 11.6 Å². The van der Waals surface area contributed by atoms with Gasteiger partial charge in [0.05, 0.1) is 6.61 Å². The Kier molecular flexibility index (Phi) is 4.42. The number of hydrogen-bond acceptors (Lipinski definition) is 5. The van der Waals surface area contributed by atoms with E-state index in [-0.39, 0.29) is 11.9 Å². The molecule has 6 nitrogen and oxygen atoms in total. The van der Waals surface area contributed by atoms with Gasteiger partial charge >= 0.3 is 5.97 Å². The molecule has 1 aromatic rings. The number of H-pyrrole nitrogens is 1. The van der Waals surface area contributed by atoms with Crippen LogP contribution in [0.2, 0.25) is 0 Å². The fourth-order valence-corrected chi connectivity index (χ4v) is 1.13. The Balaban J connectivity index is 2.61. The highest BCUT2D eigenvalue weighted by Crippen LogP contribution is 2.05. The van der Waals surface area contributed by atoms with Crippen LogP contribution in [0.5, 0.6) is 0 Å². The van der Waals surface area contributed by atoms with Gasteiger partial charge in [-0.25, -0.2) is 9.78 Å². The Morgan fingerprint density at radius 1 is 1.56 bits per heavy atom. The number of aromatic nitrogens is 3. The number of hydrogen-bond donors (Lipinski definition) is 2. The fourth-order valence-electron chi connectivity index (χ4n) is 1.13. The van der Waals surface area contributed by atoms with Crippen LogP contribution in [0.1, 0.15) is 37.2 Å². The molecule has 1 unspecified atom stereocenters. The monoisotopic (exact) mass is 226 g/mol. The highest BCUT2D eigenvalue weighted by Gasteiger charge is 2.16. The third-order valence-electron chi connectivity index (χ3n) is 2.28. The minimum atomic E-state index is -0.511. The number of nitrogens with one attached hydrogen (secondary N) is 1. The molecule has 6 heteroatoms. The lowest BCUT2D eigenvalue weighted by Gasteiger charge is -2.12. The predicted octanol–water partition coefficient (Wildman–Crippen LogP) is 0.507. The molecule has 1 aromatic heterocycles. The van der Waals surface area contributed by atoms with Crippen molar-refractivity contribution in [2.75, 3.05) is 6.61 Å². The number of nitrogens with zero attached hydrogens (tertiary/aromatic N) is 2. The Bertz CT molecular complexity index is 348. The second kappa shape index (κ2) is 5.60. The van der Waals surface area contributed by atoms with E-state index in [0.29, 0.717) is 24.8 Å². The summed E-state index contributed by atoms with van der Waals surface area (Å²) in [6.07, 6.45) is 0.573. The first-order valence-corrected chi connectivity index (χ1v) is 5.38. The molecular formula is C10H18N4O2. The largest absolute Gasteiger partial charge is 0.460 e. The van der Waals surface area contributed by atoms with E-state index < -0.39 is 5.97 Å². The average molecular weight is 226 g/mol. The summed E-state index contributed by atoms with van der Waals surface area (Å²) >= 11 is 0. The van der Waals surface area contributed by atoms with Crippen molar-refractivity contribution in [2.45, 2.75) is 33.2 Å². The van der Waals surface area contributed by atoms with Crippen molar-refractivity contribution in [1.82, 2.24) is 15.2 Å². The molecule has 1 heterocycles. The molecule has 3 N–H and O–H groups in total. The predicted molar refractivity (Wildman–Crippen MR) is 58.9 cm³/mol. The lowest BCUT2D eigenvalue weighted by molar-refractivity contribution is 0.0512. The molecule has 0 aliphatic carbocycles. The number of carbonyl (C=O) groups excluding carboxylic acids is 1. The number of rotatable bonds is 5. The van der Waals surface area contributed by atoms with Gasteiger partial charge in [0, 0.05) is 12.5 Å². The van der Waals surface area contributed by atoms with Crippen molar-refractivity contribution >= 4 is 5.97 Å². The third kappa shape index (κ3) is 3.30. The topological polar surface area (TPSA) is 93.9 Å². The van der Waals surface area contributed by atoms with Crippen LogP contribution < -0.4 is 5.73 Å². The molecule has 0 aliphatic heterocycles. The first-order valence-electron chi connectivity index (χ1n) is 5.38. The lowest BCUT2D eigenvalue weighted by atomic mass is 10.0. The van der Waals surface area contributed by atoms with Crippen LogP contribution in [0.4, 0.5) is 0 Å². The van der Waals surface area contributed by atoms with E-state index in [1.807, 2.05) is 13.8 Å². The lowest BCUT2D eigenvalue weighted by Crippen LogP contribution is -2.29. The Morgan fingerprint density at radius 3 is 2.81 bits per heavy atom. The highest BCUT2D eigenvalue weighted by molar-refractivity contribution is 5.84. The van der Waals surface area contributed by atoms with E-state index in [1.165, 1.54) is 0 Å². The molecule has 1 atom stereocenters. The Labute approximate surface area is 94.6 Å². The summed E-state index contributed by atoms with van der Waals surface area (Å²) in [7, 11) is 0. The molecule has 0 aliphatic rings. The molecule has 16 heavy (non-hydrogen) atoms. The molecule has 0 saturated heterocycles. The minimum absolute atomic E-state index is 0.00277. The van der Waals surface area contributed by atoms with E-state index >= 15 is 0 Å². The number of esters is 1. The molecule has 0 saturated carbocycles. The van der Waals surface area contributed by atoms with E-state index in [2.05, 4.69) is 15.2 Å². The van der Waals surface area contributed by atoms with Gasteiger partial charge in [0.1, 0.15) is 5.82 Å². The van der Waals surface area contributed by atoms with Crippen LogP contribution in [0.3, 0.4) is 0 Å². The van der Waals surface area contributed by atoms with Crippen molar-refractivity contribution in [2.24, 2.45) is 11.7 Å². The van der Waals surface area contributed by atoms with Crippen molar-refractivity contribution < 1.29 is 9.53 Å². The van der Waals surface area contributed by atoms with E-state index in [0.717, 1.165) is 0 Å². The molecule has 0 radical (unpaired) electrons. The highest BCUT2D eigenvalue weighted by atomic mass is 16.5. The van der Waals surface area contributed by atoms with Gasteiger partial charge in [0.25, 0.3) is 5.82 Å². The molecule has 1 rings (SSSR count). The maximum Gasteiger partial charge on any atom is 0.378 e. The fraction of sp³-hybridized carbons (Fsp3) is 0.700. The zero-order chi connectivity index (χ0) is 12.1. The van der Waals surface area contributed by atoms with Gasteiger partial charge in [0.2, 0.25) is 0 Å². The van der Waals surface area contributed by atoms with Crippen LogP contribution in [0, 0.1) is 5.92 Å². The SMILES string of the molecule is CCOC(=O)c1n[nH]c(CC(N)C(C)C)n1. The van der Waals surface area contributed by atoms with Gasteiger partial charge in [-0.05, 0) is 12.8 Å². The molecular weight excluding hydrogens is 208 g/mol. The van der Waals surface area contributed by atoms with Gasteiger partial charge in [0.15, 0.2) is 0 Å². The quantitative estimate of drug-likeness (QED) is 0.713. The standard InChI is InChI=1S/C10H18N4O2/c1-4-16-10(15)9-12-8(13-14-9)5-7(11)6(2)3/h6-7H,4-5,11H2,1-3H3,(H,12,13,14). The summed E-state index contributed by atoms with van der Waals surface area (Å²) in [5, 5.41) is 6.47. The summed E-state index contributed by atoms with van der Waals surface area (Å²) in [6.45, 7) is 6.12. The van der Waals surface area contributed by atoms with E-state index in [9.17, 15) is 4.79 Å². The Morgan fingerprint density at radius 2 is 2.25 bits per heavy atom. The maximum atomic E-state index is 11.3. The molecule has 0 bridgehead atoms. The van der Waals surface area contributed by atoms with Gasteiger partial charge in [-0.15, -0.1) is 5.10 Å². The maximum absolute atomic E-state index is 11.3. The zero-order valence-corrected chi connectivity index (χ0v) is 9.86. The number of ether oxygens (including phenoxy) is 1. The van der Waals surface area contributed by atoms with E-state index in [1.54, 1.807) is 6.92 Å². The third-order valence-corrected chi connectivity index (χ3v) is 2.28. The van der Waals surface area contributed by atoms with Crippen LogP contribution >= 0.6 is 0 Å². The van der Waals surface area contributed by atoms with Crippen LogP contribution in [-0.4, -0.2) is 33.8 Å². The van der Waals surface area contributed by atoms with Crippen molar-refractivity contribution in [3.63, 3.8) is 0 Å². The summed E-state index contributed by atoms with van der Waals surface area (Å²) in [4.78, 5) is 15.3. The summed E-state index contributed by atoms with van der Waals surface area (Å²) in [5.41, 5.74) is 5.89. The number of nitrogens with two attached hydrogens (primary N) is 1. The summed E-state index contributed by atoms with van der Waals surface area (Å²) < 4.78 is 4.78. The van der Waals surface area contributed by atoms with Crippen molar-refractivity contribution in [1.29, 1.82) is 0 Å². The second-order valence-electron chi connectivity index (χ2n) is 3.94. The molecule has 0 spiro atoms. The zero-order valence-electron chi connectivity index (χ0n) is 9.86. The second-order valence-corrected chi connectivity index (χ2v) is 3.94. The Hall–Kier alpha value is -1.43. The summed E-state index contributed by atoms with van der Waals surface area (Å²) in [6, 6.07) is 0.00277. The number of aromatic amines is 1. The van der Waals surface area contributed by atoms with Gasteiger partial charge in [-0.1, -0.05) is 13.8 Å². The molecule has 0 amide bonds. The van der Waals surface area contributed by atoms with Gasteiger partial charge in [-0.3, -0.25) is 5.10 Å². The van der Waals surface area contributed by atoms with Crippen LogP contribution in [0.25, 0.3) is 0 Å². The van der Waals surface area contributed by atoms with Crippen molar-refractivity contribution in [3.8, 4) is 0 Å². The first kappa shape index (κ1) is 12.6. The average Bonchev–Trinajstić information content (AvgIpc) is 2.66. The molecule has 90 valence electrons. The van der Waals surface area contributed by atoms with E-state index in [4.69, 9.17) is 10.5 Å². The smallest absolute Gasteiger partial charge is 0.378 e.